The number of amides is 1. The molecule has 1 amide bonds. The fraction of sp³-hybridized carbons (Fsp3) is 0.250. The summed E-state index contributed by atoms with van der Waals surface area (Å²) in [6.07, 6.45) is 7.03. The van der Waals surface area contributed by atoms with Crippen molar-refractivity contribution in [2.24, 2.45) is 0 Å². The van der Waals surface area contributed by atoms with Crippen molar-refractivity contribution in [3.8, 4) is 5.69 Å². The van der Waals surface area contributed by atoms with Gasteiger partial charge in [-0.05, 0) is 29.7 Å². The SMILES string of the molecule is CN(Cc1cnn(-c2ccccc2)c1)C(=O)CN1CC=C(c2ccccc2)CC1. The van der Waals surface area contributed by atoms with E-state index in [1.165, 1.54) is 11.1 Å². The molecule has 0 spiro atoms. The lowest BCUT2D eigenvalue weighted by atomic mass is 10.00. The molecule has 1 aliphatic rings. The van der Waals surface area contributed by atoms with Gasteiger partial charge in [-0.3, -0.25) is 9.69 Å². The van der Waals surface area contributed by atoms with E-state index in [1.807, 2.05) is 60.5 Å². The van der Waals surface area contributed by atoms with Crippen LogP contribution in [0.3, 0.4) is 0 Å². The predicted octanol–water partition coefficient (Wildman–Crippen LogP) is 3.62. The van der Waals surface area contributed by atoms with Crippen molar-refractivity contribution in [1.82, 2.24) is 19.6 Å². The first-order chi connectivity index (χ1) is 14.2. The number of hydrogen-bond donors (Lipinski definition) is 0. The van der Waals surface area contributed by atoms with Crippen LogP contribution in [0.1, 0.15) is 17.5 Å². The van der Waals surface area contributed by atoms with Gasteiger partial charge >= 0.3 is 0 Å². The number of nitrogens with zero attached hydrogens (tertiary/aromatic N) is 4. The zero-order chi connectivity index (χ0) is 20.1. The number of carbonyl (C=O) groups excluding carboxylic acids is 1. The Morgan fingerprint density at radius 2 is 1.79 bits per heavy atom. The molecule has 4 rings (SSSR count). The van der Waals surface area contributed by atoms with Gasteiger partial charge in [-0.2, -0.15) is 5.10 Å². The van der Waals surface area contributed by atoms with Crippen LogP contribution in [0.4, 0.5) is 0 Å². The van der Waals surface area contributed by atoms with Crippen molar-refractivity contribution < 1.29 is 4.79 Å². The molecule has 0 N–H and O–H groups in total. The Hall–Kier alpha value is -3.18. The third-order valence-electron chi connectivity index (χ3n) is 5.30. The Morgan fingerprint density at radius 1 is 1.07 bits per heavy atom. The predicted molar refractivity (Wildman–Crippen MR) is 116 cm³/mol. The van der Waals surface area contributed by atoms with E-state index in [9.17, 15) is 4.79 Å². The molecule has 0 saturated heterocycles. The van der Waals surface area contributed by atoms with Crippen LogP contribution in [0.2, 0.25) is 0 Å². The molecule has 1 aliphatic heterocycles. The van der Waals surface area contributed by atoms with E-state index < -0.39 is 0 Å². The van der Waals surface area contributed by atoms with E-state index in [0.717, 1.165) is 30.8 Å². The second-order valence-corrected chi connectivity index (χ2v) is 7.46. The third kappa shape index (κ3) is 4.81. The summed E-state index contributed by atoms with van der Waals surface area (Å²) in [4.78, 5) is 16.7. The van der Waals surface area contributed by atoms with Gasteiger partial charge in [0.2, 0.25) is 5.91 Å². The van der Waals surface area contributed by atoms with Crippen LogP contribution in [0, 0.1) is 0 Å². The first-order valence-corrected chi connectivity index (χ1v) is 9.99. The third-order valence-corrected chi connectivity index (χ3v) is 5.30. The quantitative estimate of drug-likeness (QED) is 0.650. The Labute approximate surface area is 171 Å². The number of aromatic nitrogens is 2. The molecule has 0 fully saturated rings. The molecule has 2 aromatic carbocycles. The molecule has 0 atom stereocenters. The average Bonchev–Trinajstić information content (AvgIpc) is 3.24. The lowest BCUT2D eigenvalue weighted by Crippen LogP contribution is -2.39. The second kappa shape index (κ2) is 8.88. The number of hydrogen-bond acceptors (Lipinski definition) is 3. The maximum Gasteiger partial charge on any atom is 0.236 e. The highest BCUT2D eigenvalue weighted by Crippen LogP contribution is 2.22. The highest BCUT2D eigenvalue weighted by molar-refractivity contribution is 5.78. The summed E-state index contributed by atoms with van der Waals surface area (Å²) >= 11 is 0. The zero-order valence-electron chi connectivity index (χ0n) is 16.7. The molecule has 0 saturated carbocycles. The first kappa shape index (κ1) is 19.2. The summed E-state index contributed by atoms with van der Waals surface area (Å²) in [5.41, 5.74) is 4.69. The van der Waals surface area contributed by atoms with Crippen LogP contribution >= 0.6 is 0 Å². The fourth-order valence-corrected chi connectivity index (χ4v) is 3.61. The summed E-state index contributed by atoms with van der Waals surface area (Å²) < 4.78 is 1.84. The lowest BCUT2D eigenvalue weighted by Gasteiger charge is -2.27. The van der Waals surface area contributed by atoms with Crippen LogP contribution in [-0.2, 0) is 11.3 Å². The number of para-hydroxylation sites is 1. The minimum Gasteiger partial charge on any atom is -0.340 e. The van der Waals surface area contributed by atoms with Gasteiger partial charge in [-0.25, -0.2) is 4.68 Å². The van der Waals surface area contributed by atoms with Crippen LogP contribution in [0.5, 0.6) is 0 Å². The minimum atomic E-state index is 0.133. The molecule has 0 aliphatic carbocycles. The number of likely N-dealkylation sites (N-methyl/N-ethyl adjacent to an activating group) is 1. The summed E-state index contributed by atoms with van der Waals surface area (Å²) in [7, 11) is 1.86. The maximum absolute atomic E-state index is 12.7. The molecule has 148 valence electrons. The number of rotatable bonds is 6. The Morgan fingerprint density at radius 3 is 2.48 bits per heavy atom. The zero-order valence-corrected chi connectivity index (χ0v) is 16.7. The Balaban J connectivity index is 1.30. The van der Waals surface area contributed by atoms with E-state index in [4.69, 9.17) is 0 Å². The van der Waals surface area contributed by atoms with Gasteiger partial charge in [-0.15, -0.1) is 0 Å². The number of benzene rings is 2. The summed E-state index contributed by atoms with van der Waals surface area (Å²) in [6.45, 7) is 2.73. The summed E-state index contributed by atoms with van der Waals surface area (Å²) in [5, 5.41) is 4.41. The molecule has 29 heavy (non-hydrogen) atoms. The Bertz CT molecular complexity index is 978. The normalized spacial score (nSPS) is 14.4. The standard InChI is InChI=1S/C24H26N4O/c1-26(17-20-16-25-28(18-20)23-10-6-3-7-11-23)24(29)19-27-14-12-22(13-15-27)21-8-4-2-5-9-21/h2-12,16,18H,13-15,17,19H2,1H3. The van der Waals surface area contributed by atoms with Crippen molar-refractivity contribution >= 4 is 11.5 Å². The largest absolute Gasteiger partial charge is 0.340 e. The molecule has 0 radical (unpaired) electrons. The van der Waals surface area contributed by atoms with E-state index >= 15 is 0 Å². The molecule has 2 heterocycles. The van der Waals surface area contributed by atoms with Crippen molar-refractivity contribution in [2.45, 2.75) is 13.0 Å². The molecule has 5 nitrogen and oxygen atoms in total. The van der Waals surface area contributed by atoms with Gasteiger partial charge < -0.3 is 4.90 Å². The number of carbonyl (C=O) groups is 1. The van der Waals surface area contributed by atoms with Crippen molar-refractivity contribution in [3.05, 3.63) is 90.3 Å². The molecule has 3 aromatic rings. The van der Waals surface area contributed by atoms with Crippen molar-refractivity contribution in [2.75, 3.05) is 26.7 Å². The van der Waals surface area contributed by atoms with Crippen molar-refractivity contribution in [1.29, 1.82) is 0 Å². The van der Waals surface area contributed by atoms with E-state index in [0.29, 0.717) is 13.1 Å². The van der Waals surface area contributed by atoms with Gasteiger partial charge in [-0.1, -0.05) is 54.6 Å². The van der Waals surface area contributed by atoms with Gasteiger partial charge in [0.1, 0.15) is 0 Å². The Kier molecular flexibility index (Phi) is 5.86. The van der Waals surface area contributed by atoms with E-state index in [2.05, 4.69) is 40.3 Å². The molecule has 0 bridgehead atoms. The minimum absolute atomic E-state index is 0.133. The maximum atomic E-state index is 12.7. The molecular weight excluding hydrogens is 360 g/mol. The lowest BCUT2D eigenvalue weighted by molar-refractivity contribution is -0.131. The van der Waals surface area contributed by atoms with Crippen LogP contribution < -0.4 is 0 Å². The molecule has 1 aromatic heterocycles. The smallest absolute Gasteiger partial charge is 0.236 e. The second-order valence-electron chi connectivity index (χ2n) is 7.46. The van der Waals surface area contributed by atoms with E-state index in [1.54, 1.807) is 4.90 Å². The average molecular weight is 386 g/mol. The van der Waals surface area contributed by atoms with Gasteiger partial charge in [0.25, 0.3) is 0 Å². The van der Waals surface area contributed by atoms with Crippen molar-refractivity contribution in [3.63, 3.8) is 0 Å². The van der Waals surface area contributed by atoms with Crippen LogP contribution in [0.15, 0.2) is 79.1 Å². The van der Waals surface area contributed by atoms with Crippen LogP contribution in [-0.4, -0.2) is 52.2 Å². The summed E-state index contributed by atoms with van der Waals surface area (Å²) in [6, 6.07) is 20.5. The topological polar surface area (TPSA) is 41.4 Å². The fourth-order valence-electron chi connectivity index (χ4n) is 3.61. The molecule has 0 unspecified atom stereocenters. The van der Waals surface area contributed by atoms with Gasteiger partial charge in [0, 0.05) is 38.4 Å². The van der Waals surface area contributed by atoms with E-state index in [-0.39, 0.29) is 5.91 Å². The van der Waals surface area contributed by atoms with Gasteiger partial charge in [0.15, 0.2) is 0 Å². The molecule has 5 heteroatoms. The van der Waals surface area contributed by atoms with Crippen LogP contribution in [0.25, 0.3) is 11.3 Å². The molecular formula is C24H26N4O. The first-order valence-electron chi connectivity index (χ1n) is 9.99. The van der Waals surface area contributed by atoms with Gasteiger partial charge in [0.05, 0.1) is 18.4 Å². The highest BCUT2D eigenvalue weighted by atomic mass is 16.2. The monoisotopic (exact) mass is 386 g/mol. The highest BCUT2D eigenvalue weighted by Gasteiger charge is 2.18. The summed E-state index contributed by atoms with van der Waals surface area (Å²) in [5.74, 6) is 0.133.